The highest BCUT2D eigenvalue weighted by Gasteiger charge is 2.36. The number of fused-ring (bicyclic) bond motifs is 1. The van der Waals surface area contributed by atoms with E-state index in [1.165, 1.54) is 31.4 Å². The first-order valence-corrected chi connectivity index (χ1v) is 35.7. The van der Waals surface area contributed by atoms with Crippen LogP contribution in [-0.2, 0) is 76.5 Å². The summed E-state index contributed by atoms with van der Waals surface area (Å²) >= 11 is 0. The van der Waals surface area contributed by atoms with Gasteiger partial charge in [0.05, 0.1) is 23.8 Å². The first-order chi connectivity index (χ1) is 49.8. The van der Waals surface area contributed by atoms with Crippen molar-refractivity contribution in [1.29, 1.82) is 0 Å². The number of unbranched alkanes of at least 4 members (excludes halogenated alkanes) is 1. The van der Waals surface area contributed by atoms with Gasteiger partial charge in [0.25, 0.3) is 5.91 Å². The third-order valence-electron chi connectivity index (χ3n) is 17.0. The molecule has 15 N–H and O–H groups in total. The van der Waals surface area contributed by atoms with Crippen molar-refractivity contribution in [3.05, 3.63) is 145 Å². The lowest BCUT2D eigenvalue weighted by Crippen LogP contribution is -2.59. The Morgan fingerprint density at radius 3 is 1.80 bits per heavy atom. The van der Waals surface area contributed by atoms with Crippen molar-refractivity contribution in [1.82, 2.24) is 67.9 Å². The zero-order valence-electron chi connectivity index (χ0n) is 60.0. The number of nitrogens with two attached hydrogens (primary N) is 2. The van der Waals surface area contributed by atoms with Gasteiger partial charge in [0.1, 0.15) is 42.2 Å². The third-order valence-corrected chi connectivity index (χ3v) is 19.3. The summed E-state index contributed by atoms with van der Waals surface area (Å²) < 4.78 is 31.5. The van der Waals surface area contributed by atoms with E-state index in [-0.39, 0.29) is 80.1 Å². The van der Waals surface area contributed by atoms with Gasteiger partial charge in [0.15, 0.2) is 14.7 Å². The number of nitrogens with zero attached hydrogens (tertiary/aromatic N) is 2. The SMILES string of the molecule is CC[C@H](C)[C@@H](CCC(=O)NN[C@@H](CC(C)C)C(N)=O)NC(=O)[C@H](Cc1cnc[nH]1)NC(=O)CNC(=O)[C@@H](NC(=O)[C@H](C)NC(=O)[C@H](Cc1c[nH]c2ccccc12)NC(=O)[C@H](CCC(N)=O)N(C)C(=O)CCCCNC(=O)c1ccc([S+](c2ccccc2)c2ccccc2)cc1)C(C)C.O=C([O-])C(F)(F)F. The van der Waals surface area contributed by atoms with Crippen molar-refractivity contribution in [3.8, 4) is 0 Å². The van der Waals surface area contributed by atoms with Crippen molar-refractivity contribution in [2.24, 2.45) is 29.2 Å². The largest absolute Gasteiger partial charge is 0.542 e. The minimum atomic E-state index is -5.19. The third kappa shape index (κ3) is 28.2. The summed E-state index contributed by atoms with van der Waals surface area (Å²) in [5.74, 6) is -10.4. The molecule has 2 heterocycles. The Bertz CT molecular complexity index is 3830. The molecule has 28 nitrogen and oxygen atoms in total. The highest BCUT2D eigenvalue weighted by molar-refractivity contribution is 7.97. The topological polar surface area (TPSA) is 436 Å². The zero-order valence-corrected chi connectivity index (χ0v) is 60.8. The standard InChI is InChI=1S/C71H95N15O11S.C2HF3O2/c1-9-45(6)54(31-34-61(88)85-84-56(65(73)91)36-43(2)3)81-69(95)58(38-49-40-74-42-78-49)80-62(89)41-77-71(97)64(44(4)5)83-66(92)46(7)79-68(94)57(37-48-39-76-55-25-17-16-24-53(48)55)82-70(96)59(32-33-60(72)87)86(8)63(90)26-18-19-35-75-67(93)47-27-29-52(30-28-47)98(50-20-12-10-13-21-50)51-22-14-11-15-23-51;3-2(4,5)1(6)7/h10-17,20-25,27-30,39-40,42-46,54,56-59,64,76,84H,9,18-19,26,31-38,41H2,1-8H3,(H12-,72,73,74,75,77,78,79,80,81,82,83,85,87,88,89,91,92,93,94,95,96,97);(H,6,7)/t45-,46-,54+,56-,57-,58-,59-,64-;/m0./s1. The molecule has 0 aliphatic rings. The lowest BCUT2D eigenvalue weighted by Gasteiger charge is -2.30. The molecule has 6 rings (SSSR count). The summed E-state index contributed by atoms with van der Waals surface area (Å²) in [6, 6.07) is 27.5. The van der Waals surface area contributed by atoms with Gasteiger partial charge in [-0.3, -0.25) is 58.2 Å². The van der Waals surface area contributed by atoms with Gasteiger partial charge in [-0.25, -0.2) is 10.4 Å². The van der Waals surface area contributed by atoms with E-state index in [0.29, 0.717) is 42.5 Å². The molecule has 105 heavy (non-hydrogen) atoms. The van der Waals surface area contributed by atoms with Crippen LogP contribution in [0.3, 0.4) is 0 Å². The van der Waals surface area contributed by atoms with E-state index in [4.69, 9.17) is 21.4 Å². The lowest BCUT2D eigenvalue weighted by molar-refractivity contribution is -0.344. The summed E-state index contributed by atoms with van der Waals surface area (Å²) in [5, 5.41) is 28.8. The van der Waals surface area contributed by atoms with Gasteiger partial charge in [-0.05, 0) is 117 Å². The number of benzene rings is 4. The smallest absolute Gasteiger partial charge is 0.430 e. The van der Waals surface area contributed by atoms with Crippen molar-refractivity contribution in [3.63, 3.8) is 0 Å². The Kier molecular flexibility index (Phi) is 34.2. The number of carboxylic acid groups (broad SMARTS) is 1. The monoisotopic (exact) mass is 1480 g/mol. The number of imidazole rings is 1. The van der Waals surface area contributed by atoms with Gasteiger partial charge in [-0.2, -0.15) is 13.2 Å². The zero-order chi connectivity index (χ0) is 77.5. The maximum Gasteiger partial charge on any atom is 0.430 e. The van der Waals surface area contributed by atoms with Gasteiger partial charge in [0.2, 0.25) is 59.1 Å². The van der Waals surface area contributed by atoms with Crippen LogP contribution in [0, 0.1) is 17.8 Å². The molecular formula is C73H96F3N15O13S. The fraction of sp³-hybridized carbons (Fsp3) is 0.438. The van der Waals surface area contributed by atoms with E-state index in [1.54, 1.807) is 32.2 Å². The van der Waals surface area contributed by atoms with Crippen LogP contribution in [0.25, 0.3) is 10.9 Å². The molecule has 11 amide bonds. The number of amides is 11. The molecule has 0 saturated carbocycles. The van der Waals surface area contributed by atoms with Crippen LogP contribution in [-0.4, -0.2) is 159 Å². The summed E-state index contributed by atoms with van der Waals surface area (Å²) in [5.41, 5.74) is 18.7. The highest BCUT2D eigenvalue weighted by atomic mass is 32.2. The van der Waals surface area contributed by atoms with Crippen LogP contribution in [0.2, 0.25) is 0 Å². The molecule has 0 fully saturated rings. The molecule has 0 saturated heterocycles. The first-order valence-electron chi connectivity index (χ1n) is 34.5. The molecular weight excluding hydrogens is 1380 g/mol. The normalized spacial score (nSPS) is 13.6. The number of hydrazine groups is 1. The minimum Gasteiger partial charge on any atom is -0.542 e. The van der Waals surface area contributed by atoms with Crippen LogP contribution in [0.5, 0.6) is 0 Å². The molecule has 0 bridgehead atoms. The number of primary amides is 2. The number of hydrogen-bond acceptors (Lipinski definition) is 15. The number of hydrogen-bond donors (Lipinski definition) is 13. The minimum absolute atomic E-state index is 0.0172. The van der Waals surface area contributed by atoms with Crippen LogP contribution in [0.4, 0.5) is 13.2 Å². The Morgan fingerprint density at radius 1 is 0.629 bits per heavy atom. The average molecular weight is 1480 g/mol. The van der Waals surface area contributed by atoms with Crippen molar-refractivity contribution in [2.75, 3.05) is 20.1 Å². The number of carboxylic acids is 1. The molecule has 0 radical (unpaired) electrons. The number of carbonyl (C=O) groups is 12. The number of carbonyl (C=O) groups excluding carboxylic acids is 12. The summed E-state index contributed by atoms with van der Waals surface area (Å²) in [7, 11) is 1.04. The quantitative estimate of drug-likeness (QED) is 0.0149. The highest BCUT2D eigenvalue weighted by Crippen LogP contribution is 2.31. The van der Waals surface area contributed by atoms with Crippen LogP contribution >= 0.6 is 0 Å². The Labute approximate surface area is 610 Å². The van der Waals surface area contributed by atoms with Crippen LogP contribution in [0.15, 0.2) is 143 Å². The van der Waals surface area contributed by atoms with E-state index < -0.39 is 126 Å². The molecule has 8 atom stereocenters. The van der Waals surface area contributed by atoms with Gasteiger partial charge < -0.3 is 73.5 Å². The maximum atomic E-state index is 14.5. The second-order valence-electron chi connectivity index (χ2n) is 26.0. The number of H-pyrrole nitrogens is 2. The molecule has 2 aromatic heterocycles. The number of para-hydroxylation sites is 1. The maximum absolute atomic E-state index is 14.5. The molecule has 0 unspecified atom stereocenters. The predicted molar refractivity (Wildman–Crippen MR) is 384 cm³/mol. The van der Waals surface area contributed by atoms with Crippen molar-refractivity contribution >= 4 is 92.7 Å². The van der Waals surface area contributed by atoms with E-state index in [0.717, 1.165) is 25.6 Å². The van der Waals surface area contributed by atoms with Gasteiger partial charge in [0, 0.05) is 86.3 Å². The van der Waals surface area contributed by atoms with Crippen molar-refractivity contribution < 1.29 is 75.8 Å². The fourth-order valence-corrected chi connectivity index (χ4v) is 13.0. The average Bonchev–Trinajstić information content (AvgIpc) is 1.80. The molecule has 0 aliphatic carbocycles. The number of rotatable bonds is 40. The van der Waals surface area contributed by atoms with Crippen LogP contribution < -0.4 is 64.6 Å². The summed E-state index contributed by atoms with van der Waals surface area (Å²) in [6.07, 6.45) is 0.825. The van der Waals surface area contributed by atoms with Gasteiger partial charge >= 0.3 is 6.18 Å². The molecule has 568 valence electrons. The number of likely N-dealkylation sites (N-methyl/N-ethyl adjacent to an activating group) is 1. The Balaban J connectivity index is 0.00000268. The number of aromatic nitrogens is 3. The molecule has 32 heteroatoms. The number of aromatic amines is 2. The summed E-state index contributed by atoms with van der Waals surface area (Å²) in [4.78, 5) is 172. The molecule has 6 aromatic rings. The van der Waals surface area contributed by atoms with Crippen LogP contribution in [0.1, 0.15) is 128 Å². The molecule has 0 spiro atoms. The number of halogens is 3. The van der Waals surface area contributed by atoms with E-state index >= 15 is 0 Å². The lowest BCUT2D eigenvalue weighted by atomic mass is 9.94. The number of alkyl halides is 3. The van der Waals surface area contributed by atoms with Gasteiger partial charge in [-0.1, -0.05) is 103 Å². The van der Waals surface area contributed by atoms with E-state index in [1.807, 2.05) is 100 Å². The molecule has 0 aliphatic heterocycles. The molecule has 4 aromatic carbocycles. The number of nitrogens with one attached hydrogen (secondary N) is 11. The second kappa shape index (κ2) is 42.2. The second-order valence-corrected chi connectivity index (χ2v) is 28.0. The Hall–Kier alpha value is -10.6. The summed E-state index contributed by atoms with van der Waals surface area (Å²) in [6.45, 7) is 12.0. The number of aliphatic carboxylic acids is 1. The van der Waals surface area contributed by atoms with E-state index in [9.17, 15) is 65.9 Å². The Morgan fingerprint density at radius 2 is 1.23 bits per heavy atom. The van der Waals surface area contributed by atoms with E-state index in [2.05, 4.69) is 87.3 Å². The fourth-order valence-electron chi connectivity index (χ4n) is 10.9. The van der Waals surface area contributed by atoms with Gasteiger partial charge in [-0.15, -0.1) is 0 Å². The first kappa shape index (κ1) is 85.0. The van der Waals surface area contributed by atoms with Crippen molar-refractivity contribution in [2.45, 2.75) is 182 Å². The predicted octanol–water partition coefficient (Wildman–Crippen LogP) is 3.33.